The van der Waals surface area contributed by atoms with Crippen molar-refractivity contribution < 1.29 is 46.1 Å². The van der Waals surface area contributed by atoms with Crippen LogP contribution >= 0.6 is 11.3 Å². The van der Waals surface area contributed by atoms with E-state index in [0.29, 0.717) is 6.04 Å². The van der Waals surface area contributed by atoms with Crippen molar-refractivity contribution in [2.45, 2.75) is 58.3 Å². The second-order valence-corrected chi connectivity index (χ2v) is 8.87. The molecule has 0 unspecified atom stereocenters. The number of carbonyl (C=O) groups is 2. The third kappa shape index (κ3) is 11.0. The van der Waals surface area contributed by atoms with Crippen molar-refractivity contribution in [2.75, 3.05) is 20.1 Å². The minimum atomic E-state index is -5.08. The topological polar surface area (TPSA) is 98.9 Å². The minimum absolute atomic E-state index is 0.562. The standard InChI is InChI=1S/C17H26N4S.2C2HF3O2/c1-14(2)19(3)12-16-10-18-17-4-6-20(7-8-21(16)17)11-15-5-9-22-13-15;2*3-2(4,5)1(6)7/h5,9-10,13-14H,4,6-8,11-12H2,1-3H3;2*(H,6,7). The lowest BCUT2D eigenvalue weighted by atomic mass is 10.3. The number of alkyl halides is 6. The lowest BCUT2D eigenvalue weighted by Crippen LogP contribution is -2.28. The van der Waals surface area contributed by atoms with Crippen LogP contribution in [0.3, 0.4) is 0 Å². The molecule has 3 heterocycles. The molecule has 0 radical (unpaired) electrons. The van der Waals surface area contributed by atoms with Crippen LogP contribution in [0.15, 0.2) is 23.0 Å². The molecule has 1 aliphatic heterocycles. The molecule has 36 heavy (non-hydrogen) atoms. The van der Waals surface area contributed by atoms with Gasteiger partial charge in [0.15, 0.2) is 0 Å². The quantitative estimate of drug-likeness (QED) is 0.545. The number of hydrogen-bond donors (Lipinski definition) is 2. The molecule has 0 aromatic carbocycles. The first-order chi connectivity index (χ1) is 16.5. The molecule has 2 N–H and O–H groups in total. The second kappa shape index (κ2) is 13.6. The van der Waals surface area contributed by atoms with E-state index >= 15 is 0 Å². The van der Waals surface area contributed by atoms with Gasteiger partial charge in [0.2, 0.25) is 0 Å². The summed E-state index contributed by atoms with van der Waals surface area (Å²) < 4.78 is 65.9. The van der Waals surface area contributed by atoms with Crippen LogP contribution in [0.2, 0.25) is 0 Å². The number of carboxylic acids is 2. The third-order valence-electron chi connectivity index (χ3n) is 5.08. The molecular formula is C21H28F6N4O4S. The highest BCUT2D eigenvalue weighted by Crippen LogP contribution is 2.17. The largest absolute Gasteiger partial charge is 0.490 e. The molecule has 0 fully saturated rings. The number of aromatic nitrogens is 2. The van der Waals surface area contributed by atoms with Crippen LogP contribution < -0.4 is 0 Å². The molecule has 0 amide bonds. The van der Waals surface area contributed by atoms with Gasteiger partial charge < -0.3 is 14.8 Å². The first kappa shape index (κ1) is 31.4. The fourth-order valence-electron chi connectivity index (χ4n) is 2.90. The average Bonchev–Trinajstić information content (AvgIpc) is 3.34. The zero-order valence-electron chi connectivity index (χ0n) is 19.8. The number of aliphatic carboxylic acids is 2. The van der Waals surface area contributed by atoms with Gasteiger partial charge in [-0.15, -0.1) is 0 Å². The van der Waals surface area contributed by atoms with Gasteiger partial charge in [-0.25, -0.2) is 14.6 Å². The zero-order valence-corrected chi connectivity index (χ0v) is 20.6. The number of fused-ring (bicyclic) bond motifs is 1. The number of rotatable bonds is 5. The van der Waals surface area contributed by atoms with Gasteiger partial charge in [-0.2, -0.15) is 37.7 Å². The van der Waals surface area contributed by atoms with E-state index in [1.165, 1.54) is 17.1 Å². The molecule has 2 aromatic heterocycles. The molecule has 0 bridgehead atoms. The van der Waals surface area contributed by atoms with E-state index in [-0.39, 0.29) is 0 Å². The Bertz CT molecular complexity index is 937. The summed E-state index contributed by atoms with van der Waals surface area (Å²) in [7, 11) is 2.18. The normalized spacial score (nSPS) is 14.3. The van der Waals surface area contributed by atoms with E-state index in [1.807, 2.05) is 0 Å². The van der Waals surface area contributed by atoms with Gasteiger partial charge in [-0.3, -0.25) is 9.80 Å². The van der Waals surface area contributed by atoms with Crippen molar-refractivity contribution in [3.8, 4) is 0 Å². The second-order valence-electron chi connectivity index (χ2n) is 8.09. The summed E-state index contributed by atoms with van der Waals surface area (Å²) in [4.78, 5) is 27.4. The molecule has 0 atom stereocenters. The van der Waals surface area contributed by atoms with Gasteiger partial charge in [0.25, 0.3) is 0 Å². The fraction of sp³-hybridized carbons (Fsp3) is 0.571. The van der Waals surface area contributed by atoms with Crippen molar-refractivity contribution in [2.24, 2.45) is 0 Å². The monoisotopic (exact) mass is 546 g/mol. The summed E-state index contributed by atoms with van der Waals surface area (Å²) in [5.41, 5.74) is 2.79. The van der Waals surface area contributed by atoms with Crippen molar-refractivity contribution in [3.05, 3.63) is 40.1 Å². The van der Waals surface area contributed by atoms with Crippen molar-refractivity contribution in [1.82, 2.24) is 19.4 Å². The molecule has 204 valence electrons. The van der Waals surface area contributed by atoms with E-state index in [9.17, 15) is 26.3 Å². The van der Waals surface area contributed by atoms with Crippen LogP contribution in [0.4, 0.5) is 26.3 Å². The van der Waals surface area contributed by atoms with Gasteiger partial charge in [0.1, 0.15) is 5.82 Å². The molecular weight excluding hydrogens is 518 g/mol. The first-order valence-corrected chi connectivity index (χ1v) is 11.5. The highest BCUT2D eigenvalue weighted by atomic mass is 32.1. The number of imidazole rings is 1. The molecule has 0 aliphatic carbocycles. The van der Waals surface area contributed by atoms with E-state index in [0.717, 1.165) is 39.1 Å². The predicted octanol–water partition coefficient (Wildman–Crippen LogP) is 4.11. The van der Waals surface area contributed by atoms with Crippen LogP contribution in [-0.4, -0.2) is 80.0 Å². The minimum Gasteiger partial charge on any atom is -0.475 e. The maximum atomic E-state index is 10.6. The van der Waals surface area contributed by atoms with E-state index < -0.39 is 24.3 Å². The highest BCUT2D eigenvalue weighted by molar-refractivity contribution is 7.07. The Balaban J connectivity index is 0.000000383. The zero-order chi connectivity index (χ0) is 27.7. The Kier molecular flexibility index (Phi) is 11.9. The lowest BCUT2D eigenvalue weighted by molar-refractivity contribution is -0.193. The predicted molar refractivity (Wildman–Crippen MR) is 120 cm³/mol. The summed E-state index contributed by atoms with van der Waals surface area (Å²) in [6.45, 7) is 9.79. The molecule has 8 nitrogen and oxygen atoms in total. The Morgan fingerprint density at radius 2 is 1.64 bits per heavy atom. The van der Waals surface area contributed by atoms with Gasteiger partial charge >= 0.3 is 24.3 Å². The van der Waals surface area contributed by atoms with E-state index in [4.69, 9.17) is 19.8 Å². The van der Waals surface area contributed by atoms with E-state index in [2.05, 4.69) is 63.3 Å². The van der Waals surface area contributed by atoms with Gasteiger partial charge in [-0.05, 0) is 43.3 Å². The molecule has 0 saturated heterocycles. The van der Waals surface area contributed by atoms with E-state index in [1.54, 1.807) is 11.3 Å². The Morgan fingerprint density at radius 1 is 1.08 bits per heavy atom. The molecule has 3 rings (SSSR count). The molecule has 0 spiro atoms. The lowest BCUT2D eigenvalue weighted by Gasteiger charge is -2.22. The highest BCUT2D eigenvalue weighted by Gasteiger charge is 2.38. The van der Waals surface area contributed by atoms with Gasteiger partial charge in [-0.1, -0.05) is 0 Å². The Hall–Kier alpha value is -2.65. The van der Waals surface area contributed by atoms with Crippen LogP contribution in [0.1, 0.15) is 30.9 Å². The SMILES string of the molecule is CC(C)N(C)Cc1cnc2n1CCN(Cc1ccsc1)CC2.O=C(O)C(F)(F)F.O=C(O)C(F)(F)F. The number of nitrogens with zero attached hydrogens (tertiary/aromatic N) is 4. The summed E-state index contributed by atoms with van der Waals surface area (Å²) in [6.07, 6.45) is -7.04. The Labute approximate surface area is 207 Å². The summed E-state index contributed by atoms with van der Waals surface area (Å²) in [6, 6.07) is 2.80. The van der Waals surface area contributed by atoms with Crippen LogP contribution in [0.25, 0.3) is 0 Å². The maximum absolute atomic E-state index is 10.6. The molecule has 0 saturated carbocycles. The average molecular weight is 547 g/mol. The van der Waals surface area contributed by atoms with Gasteiger partial charge in [0, 0.05) is 51.4 Å². The maximum Gasteiger partial charge on any atom is 0.490 e. The van der Waals surface area contributed by atoms with Gasteiger partial charge in [0.05, 0.1) is 5.69 Å². The van der Waals surface area contributed by atoms with Crippen molar-refractivity contribution in [3.63, 3.8) is 0 Å². The van der Waals surface area contributed by atoms with Crippen LogP contribution in [0.5, 0.6) is 0 Å². The fourth-order valence-corrected chi connectivity index (χ4v) is 3.56. The summed E-state index contributed by atoms with van der Waals surface area (Å²) >= 11 is 1.78. The van der Waals surface area contributed by atoms with Crippen LogP contribution in [0, 0.1) is 0 Å². The molecule has 15 heteroatoms. The van der Waals surface area contributed by atoms with Crippen LogP contribution in [-0.2, 0) is 35.6 Å². The number of carboxylic acid groups (broad SMARTS) is 2. The smallest absolute Gasteiger partial charge is 0.475 e. The summed E-state index contributed by atoms with van der Waals surface area (Å²) in [5.74, 6) is -4.26. The number of halogens is 6. The first-order valence-electron chi connectivity index (χ1n) is 10.6. The molecule has 1 aliphatic rings. The van der Waals surface area contributed by atoms with Crippen molar-refractivity contribution in [1.29, 1.82) is 0 Å². The number of thiophene rings is 1. The summed E-state index contributed by atoms with van der Waals surface area (Å²) in [5, 5.41) is 18.7. The number of hydrogen-bond acceptors (Lipinski definition) is 6. The third-order valence-corrected chi connectivity index (χ3v) is 5.81. The Morgan fingerprint density at radius 3 is 2.08 bits per heavy atom. The van der Waals surface area contributed by atoms with Crippen molar-refractivity contribution >= 4 is 23.3 Å². The molecule has 2 aromatic rings.